The van der Waals surface area contributed by atoms with E-state index in [4.69, 9.17) is 5.73 Å². The SMILES string of the molecule is CCNC(=NCC(=O)N1CCC(Cc2ccccc2)CC1)NC1CCN(C(N)=O)CC1.I. The van der Waals surface area contributed by atoms with Crippen molar-refractivity contribution in [2.24, 2.45) is 16.6 Å². The van der Waals surface area contributed by atoms with Crippen molar-refractivity contribution >= 4 is 41.9 Å². The number of carbonyl (C=O) groups is 2. The molecule has 0 saturated carbocycles. The van der Waals surface area contributed by atoms with Gasteiger partial charge in [-0.3, -0.25) is 4.79 Å². The van der Waals surface area contributed by atoms with E-state index in [1.54, 1.807) is 4.90 Å². The summed E-state index contributed by atoms with van der Waals surface area (Å²) in [6, 6.07) is 10.4. The number of nitrogens with two attached hydrogens (primary N) is 1. The van der Waals surface area contributed by atoms with Crippen LogP contribution < -0.4 is 16.4 Å². The lowest BCUT2D eigenvalue weighted by Gasteiger charge is -2.32. The summed E-state index contributed by atoms with van der Waals surface area (Å²) in [4.78, 5) is 32.1. The Balaban J connectivity index is 0.00000363. The first-order valence-corrected chi connectivity index (χ1v) is 11.5. The van der Waals surface area contributed by atoms with E-state index in [0.29, 0.717) is 25.0 Å². The lowest BCUT2D eigenvalue weighted by molar-refractivity contribution is -0.130. The van der Waals surface area contributed by atoms with E-state index in [0.717, 1.165) is 51.7 Å². The minimum absolute atomic E-state index is 0. The number of hydrogen-bond acceptors (Lipinski definition) is 3. The Hall–Kier alpha value is -2.04. The van der Waals surface area contributed by atoms with Gasteiger partial charge in [0.15, 0.2) is 5.96 Å². The predicted octanol–water partition coefficient (Wildman–Crippen LogP) is 2.18. The third kappa shape index (κ3) is 8.14. The summed E-state index contributed by atoms with van der Waals surface area (Å²) in [5.74, 6) is 1.38. The van der Waals surface area contributed by atoms with Gasteiger partial charge in [-0.15, -0.1) is 24.0 Å². The third-order valence-electron chi connectivity index (χ3n) is 6.20. The zero-order chi connectivity index (χ0) is 22.1. The highest BCUT2D eigenvalue weighted by Crippen LogP contribution is 2.21. The summed E-state index contributed by atoms with van der Waals surface area (Å²) in [5.41, 5.74) is 6.72. The Morgan fingerprint density at radius 1 is 1.03 bits per heavy atom. The molecule has 0 aliphatic carbocycles. The second-order valence-electron chi connectivity index (χ2n) is 8.45. The van der Waals surface area contributed by atoms with E-state index < -0.39 is 0 Å². The summed E-state index contributed by atoms with van der Waals surface area (Å²) >= 11 is 0. The summed E-state index contributed by atoms with van der Waals surface area (Å²) < 4.78 is 0. The zero-order valence-electron chi connectivity index (χ0n) is 19.0. The molecule has 2 saturated heterocycles. The summed E-state index contributed by atoms with van der Waals surface area (Å²) in [5, 5.41) is 6.62. The first kappa shape index (κ1) is 26.2. The maximum Gasteiger partial charge on any atom is 0.314 e. The van der Waals surface area contributed by atoms with Crippen LogP contribution in [0.2, 0.25) is 0 Å². The van der Waals surface area contributed by atoms with Crippen molar-refractivity contribution in [2.75, 3.05) is 39.3 Å². The standard InChI is InChI=1S/C23H36N6O2.HI/c1-2-25-23(27-20-10-14-29(15-11-20)22(24)31)26-17-21(30)28-12-8-19(9-13-28)16-18-6-4-3-5-7-18;/h3-7,19-20H,2,8-17H2,1H3,(H2,24,31)(H2,25,26,27);1H. The molecule has 0 radical (unpaired) electrons. The minimum atomic E-state index is -0.364. The molecule has 0 unspecified atom stereocenters. The molecular weight excluding hydrogens is 519 g/mol. The number of guanidine groups is 1. The smallest absolute Gasteiger partial charge is 0.314 e. The molecule has 2 aliphatic rings. The van der Waals surface area contributed by atoms with Crippen LogP contribution in [0.3, 0.4) is 0 Å². The van der Waals surface area contributed by atoms with Gasteiger partial charge < -0.3 is 26.2 Å². The van der Waals surface area contributed by atoms with E-state index in [1.807, 2.05) is 17.9 Å². The topological polar surface area (TPSA) is 103 Å². The van der Waals surface area contributed by atoms with Gasteiger partial charge in [-0.2, -0.15) is 0 Å². The van der Waals surface area contributed by atoms with Gasteiger partial charge in [0.1, 0.15) is 6.54 Å². The summed E-state index contributed by atoms with van der Waals surface area (Å²) in [6.07, 6.45) is 4.80. The number of piperidine rings is 2. The average Bonchev–Trinajstić information content (AvgIpc) is 2.79. The number of rotatable bonds is 6. The number of likely N-dealkylation sites (tertiary alicyclic amines) is 2. The number of hydrogen-bond donors (Lipinski definition) is 3. The molecular formula is C23H37IN6O2. The quantitative estimate of drug-likeness (QED) is 0.284. The highest BCUT2D eigenvalue weighted by atomic mass is 127. The van der Waals surface area contributed by atoms with Crippen molar-refractivity contribution in [1.29, 1.82) is 0 Å². The maximum atomic E-state index is 12.7. The number of carbonyl (C=O) groups excluding carboxylic acids is 2. The Morgan fingerprint density at radius 3 is 2.25 bits per heavy atom. The van der Waals surface area contributed by atoms with Gasteiger partial charge in [-0.25, -0.2) is 9.79 Å². The number of amides is 3. The van der Waals surface area contributed by atoms with Crippen LogP contribution in [0.25, 0.3) is 0 Å². The van der Waals surface area contributed by atoms with Crippen molar-refractivity contribution in [3.05, 3.63) is 35.9 Å². The van der Waals surface area contributed by atoms with Gasteiger partial charge in [0.2, 0.25) is 5.91 Å². The Labute approximate surface area is 208 Å². The summed E-state index contributed by atoms with van der Waals surface area (Å²) in [6.45, 7) is 5.78. The predicted molar refractivity (Wildman–Crippen MR) is 138 cm³/mol. The normalized spacial score (nSPS) is 18.1. The van der Waals surface area contributed by atoms with E-state index in [1.165, 1.54) is 5.56 Å². The van der Waals surface area contributed by atoms with Crippen LogP contribution in [0.1, 0.15) is 38.2 Å². The second kappa shape index (κ2) is 13.5. The van der Waals surface area contributed by atoms with Gasteiger partial charge in [0.05, 0.1) is 0 Å². The lowest BCUT2D eigenvalue weighted by atomic mass is 9.90. The van der Waals surface area contributed by atoms with Crippen LogP contribution in [0.4, 0.5) is 4.79 Å². The molecule has 4 N–H and O–H groups in total. The fourth-order valence-electron chi connectivity index (χ4n) is 4.34. The maximum absolute atomic E-state index is 12.7. The number of aliphatic imine (C=N–C) groups is 1. The molecule has 0 atom stereocenters. The van der Waals surface area contributed by atoms with Crippen LogP contribution in [0.5, 0.6) is 0 Å². The Bertz CT molecular complexity index is 744. The van der Waals surface area contributed by atoms with Crippen LogP contribution in [0.15, 0.2) is 35.3 Å². The fraction of sp³-hybridized carbons (Fsp3) is 0.609. The number of halogens is 1. The number of nitrogens with one attached hydrogen (secondary N) is 2. The first-order chi connectivity index (χ1) is 15.0. The highest BCUT2D eigenvalue weighted by molar-refractivity contribution is 14.0. The molecule has 0 bridgehead atoms. The van der Waals surface area contributed by atoms with Crippen molar-refractivity contribution in [1.82, 2.24) is 20.4 Å². The number of nitrogens with zero attached hydrogens (tertiary/aromatic N) is 3. The Kier molecular flexibility index (Phi) is 11.1. The molecule has 178 valence electrons. The molecule has 8 nitrogen and oxygen atoms in total. The van der Waals surface area contributed by atoms with Crippen molar-refractivity contribution in [3.63, 3.8) is 0 Å². The van der Waals surface area contributed by atoms with Gasteiger partial charge in [-0.1, -0.05) is 30.3 Å². The molecule has 2 aliphatic heterocycles. The minimum Gasteiger partial charge on any atom is -0.357 e. The van der Waals surface area contributed by atoms with Gasteiger partial charge >= 0.3 is 6.03 Å². The summed E-state index contributed by atoms with van der Waals surface area (Å²) in [7, 11) is 0. The molecule has 3 amide bonds. The van der Waals surface area contributed by atoms with Crippen molar-refractivity contribution in [2.45, 2.75) is 45.1 Å². The molecule has 0 aromatic heterocycles. The Morgan fingerprint density at radius 2 is 1.66 bits per heavy atom. The van der Waals surface area contributed by atoms with Crippen molar-refractivity contribution in [3.8, 4) is 0 Å². The van der Waals surface area contributed by atoms with Crippen LogP contribution >= 0.6 is 24.0 Å². The van der Waals surface area contributed by atoms with Gasteiger partial charge in [0.25, 0.3) is 0 Å². The van der Waals surface area contributed by atoms with Crippen LogP contribution in [-0.4, -0.2) is 73.0 Å². The number of primary amides is 1. The molecule has 2 fully saturated rings. The molecule has 3 rings (SSSR count). The molecule has 32 heavy (non-hydrogen) atoms. The second-order valence-corrected chi connectivity index (χ2v) is 8.45. The fourth-order valence-corrected chi connectivity index (χ4v) is 4.34. The molecule has 2 heterocycles. The molecule has 1 aromatic rings. The van der Waals surface area contributed by atoms with Gasteiger partial charge in [-0.05, 0) is 50.5 Å². The van der Waals surface area contributed by atoms with Gasteiger partial charge in [0, 0.05) is 38.8 Å². The highest BCUT2D eigenvalue weighted by Gasteiger charge is 2.24. The number of benzene rings is 1. The third-order valence-corrected chi connectivity index (χ3v) is 6.20. The first-order valence-electron chi connectivity index (χ1n) is 11.5. The number of urea groups is 1. The van der Waals surface area contributed by atoms with Crippen LogP contribution in [-0.2, 0) is 11.2 Å². The molecule has 0 spiro atoms. The van der Waals surface area contributed by atoms with E-state index in [9.17, 15) is 9.59 Å². The molecule has 9 heteroatoms. The lowest BCUT2D eigenvalue weighted by Crippen LogP contribution is -2.51. The van der Waals surface area contributed by atoms with Crippen LogP contribution in [0, 0.1) is 5.92 Å². The largest absolute Gasteiger partial charge is 0.357 e. The molecule has 1 aromatic carbocycles. The monoisotopic (exact) mass is 556 g/mol. The van der Waals surface area contributed by atoms with E-state index >= 15 is 0 Å². The average molecular weight is 556 g/mol. The van der Waals surface area contributed by atoms with E-state index in [-0.39, 0.29) is 48.5 Å². The van der Waals surface area contributed by atoms with Crippen molar-refractivity contribution < 1.29 is 9.59 Å². The van der Waals surface area contributed by atoms with E-state index in [2.05, 4.69) is 39.9 Å². The zero-order valence-corrected chi connectivity index (χ0v) is 21.3.